The van der Waals surface area contributed by atoms with Crippen LogP contribution in [0.5, 0.6) is 0 Å². The van der Waals surface area contributed by atoms with E-state index >= 15 is 0 Å². The first-order valence-corrected chi connectivity index (χ1v) is 12.1. The third-order valence-corrected chi connectivity index (χ3v) is 6.54. The Morgan fingerprint density at radius 1 is 0.421 bits per heavy atom. The monoisotopic (exact) mass is 500 g/mol. The minimum absolute atomic E-state index is 0.167. The number of carboxylic acid groups (broad SMARTS) is 2. The summed E-state index contributed by atoms with van der Waals surface area (Å²) in [5.41, 5.74) is 6.94. The van der Waals surface area contributed by atoms with E-state index in [0.29, 0.717) is 11.1 Å². The molecule has 38 heavy (non-hydrogen) atoms. The summed E-state index contributed by atoms with van der Waals surface area (Å²) in [6.45, 7) is 3.06. The SMILES string of the molecule is CC(C)=O.O=C(O)C(C(C(=O)O)=C1c2ccccc2-c2ccccc21)=C1c2ccccc2-c2ccccc21. The smallest absolute Gasteiger partial charge is 0.337 e. The molecule has 0 fully saturated rings. The molecule has 186 valence electrons. The summed E-state index contributed by atoms with van der Waals surface area (Å²) in [5.74, 6) is -2.37. The molecule has 2 aliphatic rings. The third kappa shape index (κ3) is 4.04. The second kappa shape index (κ2) is 9.79. The molecule has 0 aromatic heterocycles. The van der Waals surface area contributed by atoms with Gasteiger partial charge in [0.15, 0.2) is 0 Å². The van der Waals surface area contributed by atoms with Crippen LogP contribution in [0.3, 0.4) is 0 Å². The minimum atomic E-state index is -1.27. The van der Waals surface area contributed by atoms with Crippen molar-refractivity contribution < 1.29 is 24.6 Å². The minimum Gasteiger partial charge on any atom is -0.478 e. The normalized spacial score (nSPS) is 11.8. The van der Waals surface area contributed by atoms with Gasteiger partial charge in [-0.15, -0.1) is 0 Å². The Labute approximate surface area is 220 Å². The van der Waals surface area contributed by atoms with Gasteiger partial charge in [0.25, 0.3) is 0 Å². The van der Waals surface area contributed by atoms with E-state index in [0.717, 1.165) is 44.5 Å². The van der Waals surface area contributed by atoms with Gasteiger partial charge in [-0.25, -0.2) is 9.59 Å². The molecule has 0 atom stereocenters. The van der Waals surface area contributed by atoms with Crippen LogP contribution in [0.1, 0.15) is 36.1 Å². The molecule has 0 saturated heterocycles. The van der Waals surface area contributed by atoms with Crippen molar-refractivity contribution in [3.63, 3.8) is 0 Å². The Kier molecular flexibility index (Phi) is 6.35. The molecule has 5 heteroatoms. The average molecular weight is 501 g/mol. The molecule has 0 saturated carbocycles. The summed E-state index contributed by atoms with van der Waals surface area (Å²) in [5, 5.41) is 21.0. The molecular formula is C33H24O5. The number of fused-ring (bicyclic) bond motifs is 6. The lowest BCUT2D eigenvalue weighted by Gasteiger charge is -2.15. The molecule has 0 aliphatic heterocycles. The van der Waals surface area contributed by atoms with Gasteiger partial charge in [-0.3, -0.25) is 0 Å². The van der Waals surface area contributed by atoms with Crippen LogP contribution in [-0.4, -0.2) is 27.9 Å². The largest absolute Gasteiger partial charge is 0.478 e. The number of aliphatic carboxylic acids is 2. The Balaban J connectivity index is 0.000000689. The van der Waals surface area contributed by atoms with E-state index in [1.165, 1.54) is 13.8 Å². The van der Waals surface area contributed by atoms with E-state index in [1.54, 1.807) is 0 Å². The Morgan fingerprint density at radius 3 is 0.789 bits per heavy atom. The summed E-state index contributed by atoms with van der Waals surface area (Å²) >= 11 is 0. The molecule has 2 aliphatic carbocycles. The number of rotatable bonds is 3. The highest BCUT2D eigenvalue weighted by atomic mass is 16.4. The average Bonchev–Trinajstić information content (AvgIpc) is 3.40. The fourth-order valence-electron chi connectivity index (χ4n) is 5.25. The highest BCUT2D eigenvalue weighted by molar-refractivity contribution is 6.22. The number of Topliss-reactive ketones (excluding diaryl/α,β-unsaturated/α-hetero) is 1. The van der Waals surface area contributed by atoms with E-state index in [9.17, 15) is 24.6 Å². The predicted molar refractivity (Wildman–Crippen MR) is 147 cm³/mol. The molecule has 6 rings (SSSR count). The number of hydrogen-bond acceptors (Lipinski definition) is 3. The van der Waals surface area contributed by atoms with Gasteiger partial charge in [0.2, 0.25) is 0 Å². The predicted octanol–water partition coefficient (Wildman–Crippen LogP) is 6.72. The fraction of sp³-hybridized carbons (Fsp3) is 0.0606. The lowest BCUT2D eigenvalue weighted by atomic mass is 9.87. The molecule has 5 nitrogen and oxygen atoms in total. The maximum atomic E-state index is 12.9. The quantitative estimate of drug-likeness (QED) is 0.263. The molecule has 4 aromatic carbocycles. The van der Waals surface area contributed by atoms with Crippen LogP contribution >= 0.6 is 0 Å². The van der Waals surface area contributed by atoms with Crippen molar-refractivity contribution in [2.75, 3.05) is 0 Å². The van der Waals surface area contributed by atoms with Gasteiger partial charge in [-0.1, -0.05) is 97.1 Å². The molecule has 0 bridgehead atoms. The van der Waals surface area contributed by atoms with Crippen molar-refractivity contribution in [1.82, 2.24) is 0 Å². The topological polar surface area (TPSA) is 91.7 Å². The van der Waals surface area contributed by atoms with Gasteiger partial charge in [0, 0.05) is 11.1 Å². The van der Waals surface area contributed by atoms with Crippen LogP contribution in [0, 0.1) is 0 Å². The van der Waals surface area contributed by atoms with Crippen LogP contribution in [0.4, 0.5) is 0 Å². The van der Waals surface area contributed by atoms with Crippen molar-refractivity contribution in [1.29, 1.82) is 0 Å². The van der Waals surface area contributed by atoms with Crippen LogP contribution in [0.25, 0.3) is 33.4 Å². The van der Waals surface area contributed by atoms with Crippen molar-refractivity contribution in [3.8, 4) is 22.3 Å². The van der Waals surface area contributed by atoms with Gasteiger partial charge in [-0.05, 0) is 58.4 Å². The van der Waals surface area contributed by atoms with Crippen LogP contribution in [-0.2, 0) is 14.4 Å². The summed E-state index contributed by atoms with van der Waals surface area (Å²) in [4.78, 5) is 35.2. The Morgan fingerprint density at radius 2 is 0.605 bits per heavy atom. The maximum absolute atomic E-state index is 12.9. The van der Waals surface area contributed by atoms with E-state index in [4.69, 9.17) is 0 Å². The lowest BCUT2D eigenvalue weighted by molar-refractivity contribution is -0.136. The highest BCUT2D eigenvalue weighted by Crippen LogP contribution is 2.50. The van der Waals surface area contributed by atoms with Crippen LogP contribution in [0.2, 0.25) is 0 Å². The first-order valence-electron chi connectivity index (χ1n) is 12.1. The summed E-state index contributed by atoms with van der Waals surface area (Å²) < 4.78 is 0. The van der Waals surface area contributed by atoms with E-state index in [-0.39, 0.29) is 16.9 Å². The number of benzene rings is 4. The number of carboxylic acids is 2. The number of carbonyl (C=O) groups excluding carboxylic acids is 1. The molecule has 2 N–H and O–H groups in total. The molecule has 4 aromatic rings. The highest BCUT2D eigenvalue weighted by Gasteiger charge is 2.36. The third-order valence-electron chi connectivity index (χ3n) is 6.54. The van der Waals surface area contributed by atoms with Crippen LogP contribution in [0.15, 0.2) is 108 Å². The molecule has 0 spiro atoms. The van der Waals surface area contributed by atoms with Gasteiger partial charge in [-0.2, -0.15) is 0 Å². The second-order valence-corrected chi connectivity index (χ2v) is 9.20. The zero-order valence-corrected chi connectivity index (χ0v) is 20.9. The zero-order valence-electron chi connectivity index (χ0n) is 20.9. The van der Waals surface area contributed by atoms with Gasteiger partial charge in [0.05, 0.1) is 11.1 Å². The van der Waals surface area contributed by atoms with Crippen molar-refractivity contribution in [2.24, 2.45) is 0 Å². The number of hydrogen-bond donors (Lipinski definition) is 2. The fourth-order valence-corrected chi connectivity index (χ4v) is 5.25. The zero-order chi connectivity index (χ0) is 27.0. The number of carbonyl (C=O) groups is 3. The molecular weight excluding hydrogens is 476 g/mol. The van der Waals surface area contributed by atoms with Crippen molar-refractivity contribution in [3.05, 3.63) is 130 Å². The Bertz CT molecular complexity index is 1480. The first kappa shape index (κ1) is 24.7. The van der Waals surface area contributed by atoms with Gasteiger partial charge >= 0.3 is 11.9 Å². The van der Waals surface area contributed by atoms with Gasteiger partial charge < -0.3 is 15.0 Å². The van der Waals surface area contributed by atoms with E-state index in [1.807, 2.05) is 97.1 Å². The molecule has 0 unspecified atom stereocenters. The maximum Gasteiger partial charge on any atom is 0.337 e. The summed E-state index contributed by atoms with van der Waals surface area (Å²) in [6.07, 6.45) is 0. The Hall–Kier alpha value is -5.03. The summed E-state index contributed by atoms with van der Waals surface area (Å²) in [7, 11) is 0. The van der Waals surface area contributed by atoms with Crippen molar-refractivity contribution in [2.45, 2.75) is 13.8 Å². The van der Waals surface area contributed by atoms with Gasteiger partial charge in [0.1, 0.15) is 5.78 Å². The number of ketones is 1. The molecule has 0 heterocycles. The summed E-state index contributed by atoms with van der Waals surface area (Å²) in [6, 6.07) is 30.2. The standard InChI is InChI=1S/C30H18O4.C3H6O/c31-29(32)27(25-21-13-5-1-9-17(21)18-10-2-6-14-22(18)25)28(30(33)34)26-23-15-7-3-11-19(23)20-12-4-8-16-24(20)26;1-3(2)4/h1-16H,(H,31,32)(H,33,34);1-2H3. The second-order valence-electron chi connectivity index (χ2n) is 9.20. The lowest BCUT2D eigenvalue weighted by Crippen LogP contribution is -2.15. The van der Waals surface area contributed by atoms with E-state index < -0.39 is 11.9 Å². The van der Waals surface area contributed by atoms with E-state index in [2.05, 4.69) is 0 Å². The van der Waals surface area contributed by atoms with Crippen molar-refractivity contribution >= 4 is 28.9 Å². The van der Waals surface area contributed by atoms with Crippen LogP contribution < -0.4 is 0 Å². The molecule has 0 radical (unpaired) electrons. The first-order chi connectivity index (χ1) is 18.3. The molecule has 0 amide bonds.